The highest BCUT2D eigenvalue weighted by molar-refractivity contribution is 5.05. The molecule has 54 heavy (non-hydrogen) atoms. The van der Waals surface area contributed by atoms with Gasteiger partial charge in [0.1, 0.15) is 0 Å². The van der Waals surface area contributed by atoms with Crippen molar-refractivity contribution in [3.8, 4) is 0 Å². The summed E-state index contributed by atoms with van der Waals surface area (Å²) in [5.74, 6) is 7.91. The summed E-state index contributed by atoms with van der Waals surface area (Å²) >= 11 is 0. The molecule has 0 aromatic rings. The molecule has 2 aliphatic rings. The molecule has 0 radical (unpaired) electrons. The van der Waals surface area contributed by atoms with Crippen molar-refractivity contribution >= 4 is 0 Å². The maximum Gasteiger partial charge on any atom is -0.0202 e. The summed E-state index contributed by atoms with van der Waals surface area (Å²) < 4.78 is 0. The van der Waals surface area contributed by atoms with E-state index in [0.29, 0.717) is 0 Å². The van der Waals surface area contributed by atoms with Crippen molar-refractivity contribution in [3.05, 3.63) is 12.2 Å². The molecule has 0 saturated heterocycles. The van der Waals surface area contributed by atoms with Crippen LogP contribution in [0.4, 0.5) is 0 Å². The molecule has 0 nitrogen and oxygen atoms in total. The topological polar surface area (TPSA) is 0 Å². The van der Waals surface area contributed by atoms with E-state index in [4.69, 9.17) is 0 Å². The summed E-state index contributed by atoms with van der Waals surface area (Å²) in [4.78, 5) is 0. The maximum atomic E-state index is 2.66. The van der Waals surface area contributed by atoms with Gasteiger partial charge in [-0.3, -0.25) is 0 Å². The molecule has 0 N–H and O–H groups in total. The largest absolute Gasteiger partial charge is 0.0849 e. The van der Waals surface area contributed by atoms with E-state index in [1.54, 1.807) is 12.8 Å². The SMILES string of the molecule is CCCCCCCCCC1C(CCCCC)C=CC(CC)C1CCCCC.CCCCCCCCCC1C(CCCCC)CCC(CC)C1CCCCC. The Morgan fingerprint density at radius 2 is 0.593 bits per heavy atom. The van der Waals surface area contributed by atoms with Crippen molar-refractivity contribution in [1.82, 2.24) is 0 Å². The first-order valence-electron chi connectivity index (χ1n) is 26.2. The molecule has 0 aromatic heterocycles. The molecule has 2 aliphatic carbocycles. The van der Waals surface area contributed by atoms with Crippen LogP contribution in [0, 0.1) is 47.3 Å². The molecule has 1 fully saturated rings. The third-order valence-corrected chi connectivity index (χ3v) is 14.8. The van der Waals surface area contributed by atoms with E-state index < -0.39 is 0 Å². The highest BCUT2D eigenvalue weighted by Gasteiger charge is 2.37. The van der Waals surface area contributed by atoms with Crippen LogP contribution in [0.15, 0.2) is 12.2 Å². The van der Waals surface area contributed by atoms with Crippen molar-refractivity contribution in [2.75, 3.05) is 0 Å². The zero-order chi connectivity index (χ0) is 39.5. The molecule has 0 heterocycles. The van der Waals surface area contributed by atoms with E-state index in [-0.39, 0.29) is 0 Å². The molecule has 8 atom stereocenters. The number of hydrogen-bond donors (Lipinski definition) is 0. The molecule has 0 amide bonds. The lowest BCUT2D eigenvalue weighted by atomic mass is 9.61. The van der Waals surface area contributed by atoms with Crippen LogP contribution in [-0.4, -0.2) is 0 Å². The Balaban J connectivity index is 0.000000540. The summed E-state index contributed by atoms with van der Waals surface area (Å²) in [6.45, 7) is 18.9. The van der Waals surface area contributed by atoms with Gasteiger partial charge < -0.3 is 0 Å². The number of unbranched alkanes of at least 4 members (excludes halogenated alkanes) is 20. The quantitative estimate of drug-likeness (QED) is 0.0453. The predicted molar refractivity (Wildman–Crippen MR) is 249 cm³/mol. The van der Waals surface area contributed by atoms with Gasteiger partial charge in [-0.2, -0.15) is 0 Å². The first kappa shape index (κ1) is 51.8. The first-order valence-corrected chi connectivity index (χ1v) is 26.2. The fraction of sp³-hybridized carbons (Fsp3) is 0.963. The number of hydrogen-bond acceptors (Lipinski definition) is 0. The highest BCUT2D eigenvalue weighted by atomic mass is 14.4. The average molecular weight is 755 g/mol. The Kier molecular flexibility index (Phi) is 35.5. The lowest BCUT2D eigenvalue weighted by molar-refractivity contribution is 0.0620. The minimum Gasteiger partial charge on any atom is -0.0849 e. The van der Waals surface area contributed by atoms with E-state index in [0.717, 1.165) is 47.3 Å². The summed E-state index contributed by atoms with van der Waals surface area (Å²) in [5, 5.41) is 0. The molecule has 322 valence electrons. The fourth-order valence-electron chi connectivity index (χ4n) is 11.4. The van der Waals surface area contributed by atoms with Gasteiger partial charge in [0.05, 0.1) is 0 Å². The Hall–Kier alpha value is -0.260. The van der Waals surface area contributed by atoms with E-state index in [1.807, 2.05) is 0 Å². The summed E-state index contributed by atoms with van der Waals surface area (Å²) in [7, 11) is 0. The summed E-state index contributed by atoms with van der Waals surface area (Å²) in [6.07, 6.45) is 57.8. The Morgan fingerprint density at radius 3 is 1.06 bits per heavy atom. The average Bonchev–Trinajstić information content (AvgIpc) is 3.19. The smallest absolute Gasteiger partial charge is 0.0202 e. The molecule has 0 heteroatoms. The molecular formula is C54H106. The minimum absolute atomic E-state index is 0.860. The summed E-state index contributed by atoms with van der Waals surface area (Å²) in [6, 6.07) is 0. The lowest BCUT2D eigenvalue weighted by Gasteiger charge is -2.44. The first-order chi connectivity index (χ1) is 26.6. The molecule has 0 aromatic carbocycles. The van der Waals surface area contributed by atoms with E-state index in [2.05, 4.69) is 67.5 Å². The van der Waals surface area contributed by atoms with Crippen LogP contribution in [0.25, 0.3) is 0 Å². The van der Waals surface area contributed by atoms with Crippen LogP contribution >= 0.6 is 0 Å². The van der Waals surface area contributed by atoms with E-state index in [9.17, 15) is 0 Å². The molecule has 8 unspecified atom stereocenters. The van der Waals surface area contributed by atoms with Crippen LogP contribution in [0.5, 0.6) is 0 Å². The van der Waals surface area contributed by atoms with Crippen LogP contribution in [0.2, 0.25) is 0 Å². The molecule has 0 spiro atoms. The summed E-state index contributed by atoms with van der Waals surface area (Å²) in [5.41, 5.74) is 0. The Labute approximate surface area is 344 Å². The predicted octanol–water partition coefficient (Wildman–Crippen LogP) is 19.7. The number of allylic oxidation sites excluding steroid dienone is 2. The maximum absolute atomic E-state index is 2.66. The van der Waals surface area contributed by atoms with Gasteiger partial charge >= 0.3 is 0 Å². The van der Waals surface area contributed by atoms with Gasteiger partial charge in [0.25, 0.3) is 0 Å². The van der Waals surface area contributed by atoms with Crippen LogP contribution in [0.3, 0.4) is 0 Å². The zero-order valence-corrected chi connectivity index (χ0v) is 39.2. The lowest BCUT2D eigenvalue weighted by Crippen LogP contribution is -2.35. The van der Waals surface area contributed by atoms with Crippen LogP contribution < -0.4 is 0 Å². The number of rotatable bonds is 34. The minimum atomic E-state index is 0.860. The third-order valence-electron chi connectivity index (χ3n) is 14.8. The molecule has 0 aliphatic heterocycles. The second kappa shape index (κ2) is 37.0. The third kappa shape index (κ3) is 23.2. The molecular weight excluding hydrogens is 649 g/mol. The molecule has 2 rings (SSSR count). The van der Waals surface area contributed by atoms with Gasteiger partial charge in [-0.1, -0.05) is 247 Å². The van der Waals surface area contributed by atoms with Gasteiger partial charge in [0.15, 0.2) is 0 Å². The van der Waals surface area contributed by atoms with Gasteiger partial charge in [0, 0.05) is 0 Å². The monoisotopic (exact) mass is 755 g/mol. The van der Waals surface area contributed by atoms with Gasteiger partial charge in [-0.25, -0.2) is 0 Å². The van der Waals surface area contributed by atoms with Gasteiger partial charge in [-0.15, -0.1) is 0 Å². The zero-order valence-electron chi connectivity index (χ0n) is 39.2. The van der Waals surface area contributed by atoms with Crippen molar-refractivity contribution in [2.45, 2.75) is 287 Å². The second-order valence-corrected chi connectivity index (χ2v) is 19.1. The highest BCUT2D eigenvalue weighted by Crippen LogP contribution is 2.47. The van der Waals surface area contributed by atoms with Gasteiger partial charge in [-0.05, 0) is 98.7 Å². The van der Waals surface area contributed by atoms with E-state index >= 15 is 0 Å². The van der Waals surface area contributed by atoms with Crippen molar-refractivity contribution in [3.63, 3.8) is 0 Å². The molecule has 1 saturated carbocycles. The van der Waals surface area contributed by atoms with Crippen LogP contribution in [0.1, 0.15) is 287 Å². The Bertz CT molecular complexity index is 777. The standard InChI is InChI=1S/C27H54.C27H52/c2*1-5-9-12-13-14-15-18-21-27-25(19-16-10-6-2)23-22-24(8-4)26(27)20-17-11-7-3/h24-27H,5-23H2,1-4H3;22-27H,5-21H2,1-4H3. The van der Waals surface area contributed by atoms with Crippen molar-refractivity contribution in [1.29, 1.82) is 0 Å². The van der Waals surface area contributed by atoms with Crippen LogP contribution in [-0.2, 0) is 0 Å². The normalized spacial score (nSPS) is 25.5. The Morgan fingerprint density at radius 1 is 0.278 bits per heavy atom. The van der Waals surface area contributed by atoms with Crippen molar-refractivity contribution < 1.29 is 0 Å². The molecule has 0 bridgehead atoms. The van der Waals surface area contributed by atoms with Gasteiger partial charge in [0.2, 0.25) is 0 Å². The second-order valence-electron chi connectivity index (χ2n) is 19.1. The van der Waals surface area contributed by atoms with Crippen molar-refractivity contribution in [2.24, 2.45) is 47.3 Å². The fourth-order valence-corrected chi connectivity index (χ4v) is 11.4. The van der Waals surface area contributed by atoms with E-state index in [1.165, 1.54) is 218 Å².